The number of carbonyl (C=O) groups excluding carboxylic acids is 1. The van der Waals surface area contributed by atoms with Crippen LogP contribution in [-0.4, -0.2) is 63.5 Å². The summed E-state index contributed by atoms with van der Waals surface area (Å²) in [6.07, 6.45) is 4.62. The number of nitrogens with one attached hydrogen (secondary N) is 1. The van der Waals surface area contributed by atoms with Crippen LogP contribution in [0.5, 0.6) is 5.88 Å². The number of aromatic nitrogens is 4. The maximum atomic E-state index is 12.9. The van der Waals surface area contributed by atoms with Crippen LogP contribution in [0.2, 0.25) is 0 Å². The van der Waals surface area contributed by atoms with Gasteiger partial charge >= 0.3 is 6.03 Å². The molecule has 0 spiro atoms. The molecular formula is C21H27N7O2. The smallest absolute Gasteiger partial charge is 0.322 e. The molecule has 3 aromatic heterocycles. The Morgan fingerprint density at radius 1 is 1.30 bits per heavy atom. The summed E-state index contributed by atoms with van der Waals surface area (Å²) < 4.78 is 6.92. The number of fused-ring (bicyclic) bond motifs is 1. The summed E-state index contributed by atoms with van der Waals surface area (Å²) in [5.74, 6) is 0.532. The minimum absolute atomic E-state index is 0.107. The third-order valence-corrected chi connectivity index (χ3v) is 5.67. The van der Waals surface area contributed by atoms with Gasteiger partial charge in [-0.15, -0.1) is 0 Å². The van der Waals surface area contributed by atoms with Gasteiger partial charge in [0.1, 0.15) is 0 Å². The van der Waals surface area contributed by atoms with E-state index in [-0.39, 0.29) is 12.1 Å². The van der Waals surface area contributed by atoms with Gasteiger partial charge in [0, 0.05) is 45.0 Å². The zero-order valence-corrected chi connectivity index (χ0v) is 17.8. The van der Waals surface area contributed by atoms with Crippen molar-refractivity contribution in [3.63, 3.8) is 0 Å². The summed E-state index contributed by atoms with van der Waals surface area (Å²) in [6, 6.07) is 5.71. The summed E-state index contributed by atoms with van der Waals surface area (Å²) in [4.78, 5) is 25.9. The molecule has 0 bridgehead atoms. The highest BCUT2D eigenvalue weighted by atomic mass is 16.5. The Morgan fingerprint density at radius 2 is 2.13 bits per heavy atom. The number of anilines is 2. The standard InChI is InChI=1S/C21H27N7O2/c1-5-15-13-27(21(29)25-17-6-7-19(30-4)24-14(17)2)10-11-28(15)18-8-9-22-20-16(18)12-23-26(20)3/h6-9,12,15H,5,10-11,13H2,1-4H3,(H,25,29)/t15-/m0/s1. The molecule has 1 aliphatic heterocycles. The molecule has 1 fully saturated rings. The van der Waals surface area contributed by atoms with Crippen molar-refractivity contribution >= 4 is 28.4 Å². The van der Waals surface area contributed by atoms with Crippen LogP contribution in [0.1, 0.15) is 19.0 Å². The first-order valence-corrected chi connectivity index (χ1v) is 10.1. The lowest BCUT2D eigenvalue weighted by Gasteiger charge is -2.42. The molecule has 4 heterocycles. The van der Waals surface area contributed by atoms with E-state index in [1.54, 1.807) is 17.9 Å². The normalized spacial score (nSPS) is 16.7. The number of hydrogen-bond acceptors (Lipinski definition) is 6. The van der Waals surface area contributed by atoms with E-state index in [2.05, 4.69) is 32.2 Å². The Morgan fingerprint density at radius 3 is 2.87 bits per heavy atom. The Labute approximate surface area is 175 Å². The second kappa shape index (κ2) is 8.17. The Bertz CT molecular complexity index is 1060. The predicted molar refractivity (Wildman–Crippen MR) is 116 cm³/mol. The molecule has 9 heteroatoms. The van der Waals surface area contributed by atoms with E-state index in [0.717, 1.165) is 35.4 Å². The number of pyridine rings is 2. The average molecular weight is 409 g/mol. The van der Waals surface area contributed by atoms with Crippen molar-refractivity contribution < 1.29 is 9.53 Å². The lowest BCUT2D eigenvalue weighted by atomic mass is 10.1. The second-order valence-corrected chi connectivity index (χ2v) is 7.45. The lowest BCUT2D eigenvalue weighted by Crippen LogP contribution is -2.55. The van der Waals surface area contributed by atoms with Gasteiger partial charge in [0.05, 0.1) is 35.8 Å². The Kier molecular flexibility index (Phi) is 5.43. The van der Waals surface area contributed by atoms with E-state index in [1.165, 1.54) is 0 Å². The Hall–Kier alpha value is -3.36. The van der Waals surface area contributed by atoms with E-state index in [9.17, 15) is 4.79 Å². The summed E-state index contributed by atoms with van der Waals surface area (Å²) in [6.45, 7) is 6.04. The molecule has 30 heavy (non-hydrogen) atoms. The minimum atomic E-state index is -0.107. The fraction of sp³-hybridized carbons (Fsp3) is 0.429. The van der Waals surface area contributed by atoms with Gasteiger partial charge in [-0.2, -0.15) is 5.10 Å². The predicted octanol–water partition coefficient (Wildman–Crippen LogP) is 2.81. The van der Waals surface area contributed by atoms with Crippen LogP contribution >= 0.6 is 0 Å². The molecule has 1 N–H and O–H groups in total. The topological polar surface area (TPSA) is 88.4 Å². The van der Waals surface area contributed by atoms with Crippen LogP contribution in [0.15, 0.2) is 30.6 Å². The number of piperazine rings is 1. The second-order valence-electron chi connectivity index (χ2n) is 7.45. The third-order valence-electron chi connectivity index (χ3n) is 5.67. The van der Waals surface area contributed by atoms with Crippen molar-refractivity contribution in [2.45, 2.75) is 26.3 Å². The van der Waals surface area contributed by atoms with E-state index >= 15 is 0 Å². The number of hydrogen-bond donors (Lipinski definition) is 1. The quantitative estimate of drug-likeness (QED) is 0.713. The molecule has 0 aromatic carbocycles. The maximum absolute atomic E-state index is 12.9. The van der Waals surface area contributed by atoms with Crippen molar-refractivity contribution in [2.24, 2.45) is 7.05 Å². The number of ether oxygens (including phenoxy) is 1. The molecule has 0 saturated carbocycles. The van der Waals surface area contributed by atoms with Gasteiger partial charge in [-0.1, -0.05) is 6.92 Å². The van der Waals surface area contributed by atoms with Gasteiger partial charge in [-0.25, -0.2) is 14.8 Å². The highest BCUT2D eigenvalue weighted by Gasteiger charge is 2.30. The summed E-state index contributed by atoms with van der Waals surface area (Å²) in [5, 5.41) is 8.38. The van der Waals surface area contributed by atoms with E-state index in [0.29, 0.717) is 24.7 Å². The highest BCUT2D eigenvalue weighted by Crippen LogP contribution is 2.29. The number of carbonyl (C=O) groups is 1. The monoisotopic (exact) mass is 409 g/mol. The zero-order chi connectivity index (χ0) is 21.3. The number of rotatable bonds is 4. The largest absolute Gasteiger partial charge is 0.481 e. The first kappa shape index (κ1) is 19.9. The molecule has 2 amide bonds. The van der Waals surface area contributed by atoms with Gasteiger partial charge in [0.15, 0.2) is 5.65 Å². The van der Waals surface area contributed by atoms with Gasteiger partial charge in [0.2, 0.25) is 5.88 Å². The van der Waals surface area contributed by atoms with Crippen molar-refractivity contribution in [2.75, 3.05) is 37.0 Å². The van der Waals surface area contributed by atoms with E-state index in [1.807, 2.05) is 43.4 Å². The SMILES string of the molecule is CC[C@H]1CN(C(=O)Nc2ccc(OC)nc2C)CCN1c1ccnc2c1cnn2C. The van der Waals surface area contributed by atoms with E-state index in [4.69, 9.17) is 4.74 Å². The first-order chi connectivity index (χ1) is 14.5. The maximum Gasteiger partial charge on any atom is 0.322 e. The molecular weight excluding hydrogens is 382 g/mol. The molecule has 1 atom stereocenters. The van der Waals surface area contributed by atoms with Crippen LogP contribution in [0.4, 0.5) is 16.2 Å². The molecule has 1 saturated heterocycles. The third kappa shape index (κ3) is 3.62. The molecule has 1 aliphatic rings. The molecule has 4 rings (SSSR count). The van der Waals surface area contributed by atoms with Crippen LogP contribution in [0, 0.1) is 6.92 Å². The fourth-order valence-corrected chi connectivity index (χ4v) is 3.97. The fourth-order valence-electron chi connectivity index (χ4n) is 3.97. The van der Waals surface area contributed by atoms with Gasteiger partial charge in [-0.3, -0.25) is 4.68 Å². The average Bonchev–Trinajstić information content (AvgIpc) is 3.15. The van der Waals surface area contributed by atoms with Crippen LogP contribution in [-0.2, 0) is 7.05 Å². The molecule has 3 aromatic rings. The summed E-state index contributed by atoms with van der Waals surface area (Å²) >= 11 is 0. The van der Waals surface area contributed by atoms with Gasteiger partial charge in [0.25, 0.3) is 0 Å². The minimum Gasteiger partial charge on any atom is -0.481 e. The zero-order valence-electron chi connectivity index (χ0n) is 17.8. The van der Waals surface area contributed by atoms with Gasteiger partial charge < -0.3 is 19.9 Å². The molecule has 158 valence electrons. The number of methoxy groups -OCH3 is 1. The number of nitrogens with zero attached hydrogens (tertiary/aromatic N) is 6. The summed E-state index contributed by atoms with van der Waals surface area (Å²) in [5.41, 5.74) is 3.41. The molecule has 0 aliphatic carbocycles. The molecule has 0 unspecified atom stereocenters. The van der Waals surface area contributed by atoms with Gasteiger partial charge in [-0.05, 0) is 25.5 Å². The molecule has 0 radical (unpaired) electrons. The van der Waals surface area contributed by atoms with Crippen LogP contribution in [0.3, 0.4) is 0 Å². The van der Waals surface area contributed by atoms with Crippen molar-refractivity contribution in [1.29, 1.82) is 0 Å². The van der Waals surface area contributed by atoms with Crippen LogP contribution in [0.25, 0.3) is 11.0 Å². The van der Waals surface area contributed by atoms with Crippen molar-refractivity contribution in [3.05, 3.63) is 36.3 Å². The van der Waals surface area contributed by atoms with E-state index < -0.39 is 0 Å². The number of aryl methyl sites for hydroxylation is 2. The number of urea groups is 1. The first-order valence-electron chi connectivity index (χ1n) is 10.1. The van der Waals surface area contributed by atoms with Crippen molar-refractivity contribution in [1.82, 2.24) is 24.6 Å². The summed E-state index contributed by atoms with van der Waals surface area (Å²) in [7, 11) is 3.47. The lowest BCUT2D eigenvalue weighted by molar-refractivity contribution is 0.197. The Balaban J connectivity index is 1.50. The van der Waals surface area contributed by atoms with Crippen LogP contribution < -0.4 is 15.0 Å². The molecule has 9 nitrogen and oxygen atoms in total. The van der Waals surface area contributed by atoms with Crippen molar-refractivity contribution in [3.8, 4) is 5.88 Å². The number of amides is 2. The highest BCUT2D eigenvalue weighted by molar-refractivity contribution is 5.91.